The van der Waals surface area contributed by atoms with Gasteiger partial charge in [0.05, 0.1) is 21.8 Å². The fourth-order valence-corrected chi connectivity index (χ4v) is 4.44. The highest BCUT2D eigenvalue weighted by molar-refractivity contribution is 6.35. The van der Waals surface area contributed by atoms with Crippen LogP contribution in [0.1, 0.15) is 62.1 Å². The molecule has 1 aliphatic carbocycles. The van der Waals surface area contributed by atoms with Crippen molar-refractivity contribution in [3.05, 3.63) is 28.5 Å². The lowest BCUT2D eigenvalue weighted by molar-refractivity contribution is 0.0682. The van der Waals surface area contributed by atoms with Crippen molar-refractivity contribution in [2.45, 2.75) is 57.1 Å². The Hall–Kier alpha value is -2.25. The summed E-state index contributed by atoms with van der Waals surface area (Å²) in [4.78, 5) is 24.8. The normalized spacial score (nSPS) is 18.5. The Labute approximate surface area is 167 Å². The average Bonchev–Trinajstić information content (AvgIpc) is 3.03. The van der Waals surface area contributed by atoms with Gasteiger partial charge in [0.25, 0.3) is 5.91 Å². The number of aliphatic hydroxyl groups is 1. The van der Waals surface area contributed by atoms with Crippen molar-refractivity contribution in [2.24, 2.45) is 0 Å². The zero-order valence-electron chi connectivity index (χ0n) is 15.9. The van der Waals surface area contributed by atoms with Crippen LogP contribution in [0.4, 0.5) is 10.5 Å². The first-order chi connectivity index (χ1) is 13.2. The first-order valence-electron chi connectivity index (χ1n) is 9.55. The fourth-order valence-electron chi connectivity index (χ4n) is 4.18. The molecule has 2 heterocycles. The van der Waals surface area contributed by atoms with Crippen molar-refractivity contribution in [3.8, 4) is 0 Å². The number of carbonyl (C=O) groups excluding carboxylic acids is 2. The summed E-state index contributed by atoms with van der Waals surface area (Å²) in [5.41, 5.74) is 0.359. The average molecular weight is 406 g/mol. The Morgan fingerprint density at radius 2 is 2.04 bits per heavy atom. The van der Waals surface area contributed by atoms with Crippen LogP contribution >= 0.6 is 11.6 Å². The summed E-state index contributed by atoms with van der Waals surface area (Å²) < 4.78 is 5.97. The van der Waals surface area contributed by atoms with Crippen LogP contribution in [0.2, 0.25) is 5.02 Å². The fraction of sp³-hybridized carbons (Fsp3) is 0.500. The van der Waals surface area contributed by atoms with Crippen molar-refractivity contribution in [1.82, 2.24) is 10.6 Å². The van der Waals surface area contributed by atoms with Gasteiger partial charge in [0.2, 0.25) is 0 Å². The first kappa shape index (κ1) is 19.1. The topological polar surface area (TPSA) is 104 Å². The van der Waals surface area contributed by atoms with Gasteiger partial charge in [0, 0.05) is 17.5 Å². The molecule has 1 aliphatic heterocycles. The molecule has 7 nitrogen and oxygen atoms in total. The molecule has 0 radical (unpaired) electrons. The second kappa shape index (κ2) is 6.67. The SMILES string of the molecule is CC(C)(O)CNC(=O)c1cc2cc(Cl)c3c(c2o1)C1(CCCCC1)NC(=O)N3. The summed E-state index contributed by atoms with van der Waals surface area (Å²) in [6.07, 6.45) is 4.70. The molecule has 0 atom stereocenters. The van der Waals surface area contributed by atoms with Crippen LogP contribution in [0, 0.1) is 0 Å². The van der Waals surface area contributed by atoms with E-state index in [-0.39, 0.29) is 18.3 Å². The third kappa shape index (κ3) is 3.33. The Morgan fingerprint density at radius 1 is 1.32 bits per heavy atom. The molecule has 8 heteroatoms. The van der Waals surface area contributed by atoms with Gasteiger partial charge in [-0.15, -0.1) is 0 Å². The van der Waals surface area contributed by atoms with E-state index in [9.17, 15) is 14.7 Å². The molecule has 1 aromatic heterocycles. The Kier molecular flexibility index (Phi) is 4.55. The maximum Gasteiger partial charge on any atom is 0.319 e. The summed E-state index contributed by atoms with van der Waals surface area (Å²) in [7, 11) is 0. The van der Waals surface area contributed by atoms with Gasteiger partial charge < -0.3 is 25.5 Å². The van der Waals surface area contributed by atoms with Crippen molar-refractivity contribution in [2.75, 3.05) is 11.9 Å². The molecule has 2 aliphatic rings. The third-order valence-electron chi connectivity index (χ3n) is 5.44. The van der Waals surface area contributed by atoms with Gasteiger partial charge in [0.15, 0.2) is 5.76 Å². The van der Waals surface area contributed by atoms with Crippen LogP contribution in [0.3, 0.4) is 0 Å². The quantitative estimate of drug-likeness (QED) is 0.622. The summed E-state index contributed by atoms with van der Waals surface area (Å²) in [5, 5.41) is 19.5. The monoisotopic (exact) mass is 405 g/mol. The van der Waals surface area contributed by atoms with Crippen molar-refractivity contribution >= 4 is 40.2 Å². The lowest BCUT2D eigenvalue weighted by Gasteiger charge is -2.42. The van der Waals surface area contributed by atoms with Gasteiger partial charge in [-0.25, -0.2) is 4.79 Å². The minimum atomic E-state index is -1.02. The zero-order valence-corrected chi connectivity index (χ0v) is 16.7. The van der Waals surface area contributed by atoms with Gasteiger partial charge in [-0.05, 0) is 38.8 Å². The maximum absolute atomic E-state index is 12.5. The second-order valence-electron chi connectivity index (χ2n) is 8.35. The highest BCUT2D eigenvalue weighted by Crippen LogP contribution is 2.48. The van der Waals surface area contributed by atoms with Gasteiger partial charge in [-0.3, -0.25) is 4.79 Å². The van der Waals surface area contributed by atoms with E-state index >= 15 is 0 Å². The van der Waals surface area contributed by atoms with Crippen molar-refractivity contribution < 1.29 is 19.1 Å². The highest BCUT2D eigenvalue weighted by atomic mass is 35.5. The van der Waals surface area contributed by atoms with Gasteiger partial charge in [-0.2, -0.15) is 0 Å². The highest BCUT2D eigenvalue weighted by Gasteiger charge is 2.43. The van der Waals surface area contributed by atoms with Crippen LogP contribution < -0.4 is 16.0 Å². The van der Waals surface area contributed by atoms with Crippen LogP contribution in [-0.4, -0.2) is 29.2 Å². The van der Waals surface area contributed by atoms with E-state index < -0.39 is 17.0 Å². The molecule has 4 rings (SSSR count). The van der Waals surface area contributed by atoms with E-state index in [1.807, 2.05) is 0 Å². The Bertz CT molecular complexity index is 954. The minimum Gasteiger partial charge on any atom is -0.450 e. The smallest absolute Gasteiger partial charge is 0.319 e. The molecule has 2 aromatic rings. The third-order valence-corrected chi connectivity index (χ3v) is 5.74. The van der Waals surface area contributed by atoms with E-state index in [0.29, 0.717) is 21.7 Å². The summed E-state index contributed by atoms with van der Waals surface area (Å²) >= 11 is 6.48. The summed E-state index contributed by atoms with van der Waals surface area (Å²) in [5.74, 6) is -0.264. The molecule has 1 spiro atoms. The summed E-state index contributed by atoms with van der Waals surface area (Å²) in [6.45, 7) is 3.33. The maximum atomic E-state index is 12.5. The van der Waals surface area contributed by atoms with Crippen LogP contribution in [0.25, 0.3) is 11.0 Å². The van der Waals surface area contributed by atoms with Crippen molar-refractivity contribution in [3.63, 3.8) is 0 Å². The molecule has 4 N–H and O–H groups in total. The molecule has 0 saturated heterocycles. The lowest BCUT2D eigenvalue weighted by Crippen LogP contribution is -2.52. The molecule has 1 saturated carbocycles. The number of benzene rings is 1. The lowest BCUT2D eigenvalue weighted by atomic mass is 9.74. The number of urea groups is 1. The molecular formula is C20H24ClN3O4. The number of carbonyl (C=O) groups is 2. The first-order valence-corrected chi connectivity index (χ1v) is 9.93. The number of rotatable bonds is 3. The standard InChI is InChI=1S/C20H24ClN3O4/c1-19(2,27)10-22-17(25)13-9-11-8-12(21)15-14(16(11)28-13)20(24-18(26)23-15)6-4-3-5-7-20/h8-9,27H,3-7,10H2,1-2H3,(H,22,25)(H2,23,24,26). The molecule has 3 amide bonds. The Balaban J connectivity index is 1.81. The van der Waals surface area contributed by atoms with Crippen molar-refractivity contribution in [1.29, 1.82) is 0 Å². The molecule has 1 aromatic carbocycles. The Morgan fingerprint density at radius 3 is 2.71 bits per heavy atom. The van der Waals surface area contributed by atoms with E-state index in [4.69, 9.17) is 16.0 Å². The predicted molar refractivity (Wildman–Crippen MR) is 107 cm³/mol. The largest absolute Gasteiger partial charge is 0.450 e. The van der Waals surface area contributed by atoms with Crippen LogP contribution in [-0.2, 0) is 5.54 Å². The molecule has 28 heavy (non-hydrogen) atoms. The molecular weight excluding hydrogens is 382 g/mol. The number of amides is 3. The number of nitrogens with one attached hydrogen (secondary N) is 3. The van der Waals surface area contributed by atoms with Crippen LogP contribution in [0.15, 0.2) is 16.5 Å². The van der Waals surface area contributed by atoms with E-state index in [1.54, 1.807) is 26.0 Å². The number of hydrogen-bond donors (Lipinski definition) is 4. The van der Waals surface area contributed by atoms with Crippen LogP contribution in [0.5, 0.6) is 0 Å². The molecule has 1 fully saturated rings. The predicted octanol–water partition coefficient (Wildman–Crippen LogP) is 3.88. The molecule has 150 valence electrons. The number of halogens is 1. The summed E-state index contributed by atoms with van der Waals surface area (Å²) in [6, 6.07) is 3.08. The zero-order chi connectivity index (χ0) is 20.1. The van der Waals surface area contributed by atoms with Gasteiger partial charge in [-0.1, -0.05) is 30.9 Å². The van der Waals surface area contributed by atoms with E-state index in [0.717, 1.165) is 37.7 Å². The number of furan rings is 1. The second-order valence-corrected chi connectivity index (χ2v) is 8.76. The van der Waals surface area contributed by atoms with E-state index in [1.165, 1.54) is 0 Å². The minimum absolute atomic E-state index is 0.100. The number of anilines is 1. The molecule has 0 bridgehead atoms. The number of fused-ring (bicyclic) bond motifs is 4. The van der Waals surface area contributed by atoms with Gasteiger partial charge in [0.1, 0.15) is 5.58 Å². The number of hydrogen-bond acceptors (Lipinski definition) is 4. The molecule has 0 unspecified atom stereocenters. The van der Waals surface area contributed by atoms with E-state index in [2.05, 4.69) is 16.0 Å². The van der Waals surface area contributed by atoms with Gasteiger partial charge >= 0.3 is 6.03 Å².